The van der Waals surface area contributed by atoms with E-state index in [0.717, 1.165) is 12.3 Å². The van der Waals surface area contributed by atoms with Crippen LogP contribution < -0.4 is 0 Å². The third-order valence-electron chi connectivity index (χ3n) is 1.36. The van der Waals surface area contributed by atoms with Crippen LogP contribution in [0.15, 0.2) is 12.3 Å². The molecule has 0 aromatic carbocycles. The summed E-state index contributed by atoms with van der Waals surface area (Å²) in [6, 6.07) is 1.06. The van der Waals surface area contributed by atoms with Crippen LogP contribution in [0.4, 0.5) is 8.78 Å². The van der Waals surface area contributed by atoms with E-state index < -0.39 is 18.7 Å². The topological polar surface area (TPSA) is 53.4 Å². The fourth-order valence-corrected chi connectivity index (χ4v) is 0.831. The predicted molar refractivity (Wildman–Crippen MR) is 36.8 cm³/mol. The fraction of sp³-hybridized carbons (Fsp3) is 0.286. The molecule has 0 saturated heterocycles. The molecular weight excluding hydrogens is 168 g/mol. The predicted octanol–water partition coefficient (Wildman–Crippen LogP) is 1.22. The van der Waals surface area contributed by atoms with Crippen LogP contribution in [0.5, 0.6) is 5.75 Å². The summed E-state index contributed by atoms with van der Waals surface area (Å²) in [5, 5.41) is 17.4. The first kappa shape index (κ1) is 8.86. The van der Waals surface area contributed by atoms with Crippen molar-refractivity contribution in [3.8, 4) is 5.75 Å². The average molecular weight is 175 g/mol. The van der Waals surface area contributed by atoms with Gasteiger partial charge in [0.25, 0.3) is 6.43 Å². The molecule has 5 heteroatoms. The number of aliphatic hydroxyl groups excluding tert-OH is 1. The van der Waals surface area contributed by atoms with Gasteiger partial charge < -0.3 is 10.2 Å². The van der Waals surface area contributed by atoms with Gasteiger partial charge in [0, 0.05) is 5.56 Å². The van der Waals surface area contributed by atoms with Crippen molar-refractivity contribution in [2.75, 3.05) is 0 Å². The van der Waals surface area contributed by atoms with Gasteiger partial charge in [-0.2, -0.15) is 0 Å². The quantitative estimate of drug-likeness (QED) is 0.710. The van der Waals surface area contributed by atoms with Crippen molar-refractivity contribution in [2.24, 2.45) is 0 Å². The van der Waals surface area contributed by atoms with Gasteiger partial charge in [0.05, 0.1) is 12.8 Å². The number of nitrogens with zero attached hydrogens (tertiary/aromatic N) is 1. The highest BCUT2D eigenvalue weighted by Gasteiger charge is 2.14. The molecular formula is C7H7F2NO2. The summed E-state index contributed by atoms with van der Waals surface area (Å²) in [6.07, 6.45) is -1.81. The zero-order valence-electron chi connectivity index (χ0n) is 6.04. The van der Waals surface area contributed by atoms with Gasteiger partial charge in [-0.15, -0.1) is 0 Å². The normalized spacial score (nSPS) is 10.7. The van der Waals surface area contributed by atoms with Gasteiger partial charge in [-0.1, -0.05) is 0 Å². The number of hydrogen-bond acceptors (Lipinski definition) is 3. The molecule has 1 heterocycles. The number of alkyl halides is 2. The molecule has 0 radical (unpaired) electrons. The van der Waals surface area contributed by atoms with Crippen molar-refractivity contribution < 1.29 is 19.0 Å². The van der Waals surface area contributed by atoms with Crippen molar-refractivity contribution in [1.82, 2.24) is 4.98 Å². The van der Waals surface area contributed by atoms with Gasteiger partial charge in [-0.3, -0.25) is 4.98 Å². The fourth-order valence-electron chi connectivity index (χ4n) is 0.831. The van der Waals surface area contributed by atoms with Crippen molar-refractivity contribution in [3.63, 3.8) is 0 Å². The molecule has 0 atom stereocenters. The third-order valence-corrected chi connectivity index (χ3v) is 1.36. The number of aliphatic hydroxyl groups is 1. The second-order valence-electron chi connectivity index (χ2n) is 2.20. The van der Waals surface area contributed by atoms with Gasteiger partial charge in [-0.05, 0) is 6.07 Å². The first-order valence-corrected chi connectivity index (χ1v) is 3.22. The van der Waals surface area contributed by atoms with Crippen molar-refractivity contribution >= 4 is 0 Å². The summed E-state index contributed by atoms with van der Waals surface area (Å²) in [5.74, 6) is -0.233. The average Bonchev–Trinajstić information content (AvgIpc) is 2.03. The van der Waals surface area contributed by atoms with Crippen molar-refractivity contribution in [3.05, 3.63) is 23.5 Å². The van der Waals surface area contributed by atoms with Gasteiger partial charge in [0.1, 0.15) is 11.4 Å². The molecule has 66 valence electrons. The number of pyridine rings is 1. The number of halogens is 2. The van der Waals surface area contributed by atoms with E-state index in [2.05, 4.69) is 4.98 Å². The minimum atomic E-state index is -2.73. The first-order valence-electron chi connectivity index (χ1n) is 3.22. The Kier molecular flexibility index (Phi) is 2.54. The van der Waals surface area contributed by atoms with E-state index in [1.807, 2.05) is 0 Å². The lowest BCUT2D eigenvalue weighted by atomic mass is 10.2. The Morgan fingerprint density at radius 3 is 2.67 bits per heavy atom. The summed E-state index contributed by atoms with van der Waals surface area (Å²) in [6.45, 7) is -0.554. The van der Waals surface area contributed by atoms with Crippen LogP contribution in [0.25, 0.3) is 0 Å². The maximum Gasteiger partial charge on any atom is 0.280 e. The molecule has 0 saturated carbocycles. The van der Waals surface area contributed by atoms with Gasteiger partial charge in [-0.25, -0.2) is 8.78 Å². The molecule has 0 spiro atoms. The molecule has 0 aliphatic heterocycles. The summed E-state index contributed by atoms with van der Waals surface area (Å²) < 4.78 is 24.2. The molecule has 0 aliphatic carbocycles. The molecule has 1 aromatic heterocycles. The van der Waals surface area contributed by atoms with Gasteiger partial charge in [0.15, 0.2) is 0 Å². The van der Waals surface area contributed by atoms with Gasteiger partial charge in [0.2, 0.25) is 0 Å². The Balaban J connectivity index is 3.11. The van der Waals surface area contributed by atoms with Gasteiger partial charge >= 0.3 is 0 Å². The third kappa shape index (κ3) is 1.68. The van der Waals surface area contributed by atoms with E-state index in [9.17, 15) is 8.78 Å². The summed E-state index contributed by atoms with van der Waals surface area (Å²) >= 11 is 0. The second-order valence-corrected chi connectivity index (χ2v) is 2.20. The molecule has 1 rings (SSSR count). The SMILES string of the molecule is OCc1cc(O)cnc1C(F)F. The molecule has 1 aromatic rings. The van der Waals surface area contributed by atoms with Crippen LogP contribution in [-0.4, -0.2) is 15.2 Å². The molecule has 0 amide bonds. The standard InChI is InChI=1S/C7H7F2NO2/c8-7(9)6-4(3-11)1-5(12)2-10-6/h1-2,7,11-12H,3H2. The van der Waals surface area contributed by atoms with E-state index in [-0.39, 0.29) is 11.3 Å². The lowest BCUT2D eigenvalue weighted by Gasteiger charge is -2.04. The zero-order valence-corrected chi connectivity index (χ0v) is 6.04. The lowest BCUT2D eigenvalue weighted by molar-refractivity contribution is 0.141. The molecule has 3 nitrogen and oxygen atoms in total. The van der Waals surface area contributed by atoms with E-state index in [4.69, 9.17) is 10.2 Å². The molecule has 0 bridgehead atoms. The molecule has 0 fully saturated rings. The maximum absolute atomic E-state index is 12.1. The Morgan fingerprint density at radius 1 is 1.50 bits per heavy atom. The summed E-state index contributed by atoms with van der Waals surface area (Å²) in [7, 11) is 0. The minimum Gasteiger partial charge on any atom is -0.506 e. The van der Waals surface area contributed by atoms with E-state index in [1.165, 1.54) is 0 Å². The highest BCUT2D eigenvalue weighted by molar-refractivity contribution is 5.28. The molecule has 2 N–H and O–H groups in total. The Labute approximate surface area is 67.3 Å². The number of aromatic hydroxyl groups is 1. The number of hydrogen-bond donors (Lipinski definition) is 2. The lowest BCUT2D eigenvalue weighted by Crippen LogP contribution is -1.97. The molecule has 12 heavy (non-hydrogen) atoms. The number of rotatable bonds is 2. The van der Waals surface area contributed by atoms with Crippen LogP contribution in [0.3, 0.4) is 0 Å². The van der Waals surface area contributed by atoms with Crippen LogP contribution in [-0.2, 0) is 6.61 Å². The maximum atomic E-state index is 12.1. The highest BCUT2D eigenvalue weighted by atomic mass is 19.3. The largest absolute Gasteiger partial charge is 0.506 e. The second kappa shape index (κ2) is 3.44. The first-order chi connectivity index (χ1) is 5.65. The Hall–Kier alpha value is -1.23. The smallest absolute Gasteiger partial charge is 0.280 e. The summed E-state index contributed by atoms with van der Waals surface area (Å²) in [5.41, 5.74) is -0.541. The van der Waals surface area contributed by atoms with E-state index in [0.29, 0.717) is 0 Å². The van der Waals surface area contributed by atoms with Crippen molar-refractivity contribution in [2.45, 2.75) is 13.0 Å². The Bertz CT molecular complexity index is 278. The monoisotopic (exact) mass is 175 g/mol. The van der Waals surface area contributed by atoms with Crippen LogP contribution in [0, 0.1) is 0 Å². The van der Waals surface area contributed by atoms with Crippen LogP contribution >= 0.6 is 0 Å². The molecule has 0 aliphatic rings. The van der Waals surface area contributed by atoms with Crippen LogP contribution in [0.2, 0.25) is 0 Å². The van der Waals surface area contributed by atoms with E-state index in [1.54, 1.807) is 0 Å². The van der Waals surface area contributed by atoms with Crippen LogP contribution in [0.1, 0.15) is 17.7 Å². The van der Waals surface area contributed by atoms with Crippen molar-refractivity contribution in [1.29, 1.82) is 0 Å². The van der Waals surface area contributed by atoms with E-state index >= 15 is 0 Å². The highest BCUT2D eigenvalue weighted by Crippen LogP contribution is 2.23. The summed E-state index contributed by atoms with van der Waals surface area (Å²) in [4.78, 5) is 3.29. The Morgan fingerprint density at radius 2 is 2.17 bits per heavy atom. The minimum absolute atomic E-state index is 0.0509. The number of aromatic nitrogens is 1. The molecule has 0 unspecified atom stereocenters. The zero-order chi connectivity index (χ0) is 9.14.